The molecule has 0 saturated heterocycles. The Hall–Kier alpha value is -2.28. The first-order valence-corrected chi connectivity index (χ1v) is 10.6. The third kappa shape index (κ3) is 5.61. The van der Waals surface area contributed by atoms with Gasteiger partial charge in [0, 0.05) is 11.4 Å². The lowest BCUT2D eigenvalue weighted by Crippen LogP contribution is -2.38. The van der Waals surface area contributed by atoms with Crippen LogP contribution in [0.25, 0.3) is 0 Å². The highest BCUT2D eigenvalue weighted by atomic mass is 32.2. The van der Waals surface area contributed by atoms with Crippen molar-refractivity contribution in [2.24, 2.45) is 0 Å². The number of carbonyl (C=O) groups is 3. The molecule has 2 atom stereocenters. The average Bonchev–Trinajstić information content (AvgIpc) is 2.69. The summed E-state index contributed by atoms with van der Waals surface area (Å²) >= 11 is 1.34. The number of amides is 2. The lowest BCUT2D eigenvalue weighted by atomic mass is 9.97. The smallest absolute Gasteiger partial charge is 0.308 e. The van der Waals surface area contributed by atoms with Crippen LogP contribution in [-0.4, -0.2) is 35.7 Å². The van der Waals surface area contributed by atoms with Gasteiger partial charge in [-0.15, -0.1) is 11.8 Å². The van der Waals surface area contributed by atoms with Gasteiger partial charge in [-0.05, 0) is 51.2 Å². The summed E-state index contributed by atoms with van der Waals surface area (Å²) in [6.07, 6.45) is 6.82. The summed E-state index contributed by atoms with van der Waals surface area (Å²) in [7, 11) is 0. The summed E-state index contributed by atoms with van der Waals surface area (Å²) in [5.41, 5.74) is 2.14. The van der Waals surface area contributed by atoms with Gasteiger partial charge in [0.15, 0.2) is 6.10 Å². The van der Waals surface area contributed by atoms with Gasteiger partial charge in [-0.1, -0.05) is 23.8 Å². The second-order valence-corrected chi connectivity index (χ2v) is 8.32. The van der Waals surface area contributed by atoms with Crippen molar-refractivity contribution in [3.05, 3.63) is 35.9 Å². The van der Waals surface area contributed by atoms with Crippen LogP contribution < -0.4 is 10.6 Å². The summed E-state index contributed by atoms with van der Waals surface area (Å²) in [4.78, 5) is 37.4. The van der Waals surface area contributed by atoms with Gasteiger partial charge in [-0.25, -0.2) is 0 Å². The Bertz CT molecular complexity index is 777. The minimum atomic E-state index is -0.878. The van der Waals surface area contributed by atoms with E-state index < -0.39 is 17.3 Å². The van der Waals surface area contributed by atoms with Crippen molar-refractivity contribution >= 4 is 35.2 Å². The Kier molecular flexibility index (Phi) is 7.14. The number of hydrogen-bond donors (Lipinski definition) is 2. The molecule has 0 radical (unpaired) electrons. The van der Waals surface area contributed by atoms with Gasteiger partial charge in [-0.3, -0.25) is 14.4 Å². The fourth-order valence-corrected chi connectivity index (χ4v) is 4.39. The molecule has 28 heavy (non-hydrogen) atoms. The molecule has 1 aromatic carbocycles. The zero-order valence-corrected chi connectivity index (χ0v) is 16.8. The van der Waals surface area contributed by atoms with Gasteiger partial charge in [0.2, 0.25) is 5.91 Å². The molecule has 1 aromatic rings. The monoisotopic (exact) mass is 402 g/mol. The number of carbonyl (C=O) groups excluding carboxylic acids is 3. The van der Waals surface area contributed by atoms with Crippen LogP contribution in [-0.2, 0) is 19.1 Å². The Labute approximate surface area is 169 Å². The summed E-state index contributed by atoms with van der Waals surface area (Å²) < 4.78 is 5.23. The molecule has 0 fully saturated rings. The third-order valence-electron chi connectivity index (χ3n) is 4.87. The van der Waals surface area contributed by atoms with Gasteiger partial charge in [-0.2, -0.15) is 0 Å². The van der Waals surface area contributed by atoms with E-state index in [1.165, 1.54) is 30.2 Å². The van der Waals surface area contributed by atoms with Gasteiger partial charge in [0.25, 0.3) is 5.91 Å². The van der Waals surface area contributed by atoms with Crippen molar-refractivity contribution in [2.45, 2.75) is 61.7 Å². The molecule has 0 bridgehead atoms. The highest BCUT2D eigenvalue weighted by molar-refractivity contribution is 8.01. The zero-order chi connectivity index (χ0) is 19.9. The predicted octanol–water partition coefficient (Wildman–Crippen LogP) is 3.43. The Morgan fingerprint density at radius 3 is 2.93 bits per heavy atom. The molecule has 6 nitrogen and oxygen atoms in total. The number of esters is 1. The molecule has 7 heteroatoms. The maximum Gasteiger partial charge on any atom is 0.308 e. The van der Waals surface area contributed by atoms with Gasteiger partial charge >= 0.3 is 5.97 Å². The number of fused-ring (bicyclic) bond motifs is 1. The number of nitrogens with one attached hydrogen (secondary N) is 2. The highest BCUT2D eigenvalue weighted by Gasteiger charge is 2.30. The van der Waals surface area contributed by atoms with E-state index in [1.54, 1.807) is 6.92 Å². The number of benzene rings is 1. The normalized spacial score (nSPS) is 19.7. The SMILES string of the molecule is C[C@@H](OC(=O)C[C@@H]1Sc2ccccc2NC1=O)C(=O)NCCC1=CCCCC1. The Morgan fingerprint density at radius 2 is 2.14 bits per heavy atom. The molecule has 3 rings (SSSR count). The van der Waals surface area contributed by atoms with E-state index >= 15 is 0 Å². The second-order valence-electron chi connectivity index (χ2n) is 7.08. The Morgan fingerprint density at radius 1 is 1.32 bits per heavy atom. The third-order valence-corrected chi connectivity index (χ3v) is 6.14. The number of hydrogen-bond acceptors (Lipinski definition) is 5. The maximum atomic E-state index is 12.2. The van der Waals surface area contributed by atoms with E-state index in [0.717, 1.165) is 29.8 Å². The summed E-state index contributed by atoms with van der Waals surface area (Å²) in [6.45, 7) is 2.10. The summed E-state index contributed by atoms with van der Waals surface area (Å²) in [5.74, 6) is -1.08. The van der Waals surface area contributed by atoms with Crippen LogP contribution in [0.15, 0.2) is 40.8 Å². The largest absolute Gasteiger partial charge is 0.453 e. The van der Waals surface area contributed by atoms with Crippen LogP contribution in [0, 0.1) is 0 Å². The molecule has 1 heterocycles. The topological polar surface area (TPSA) is 84.5 Å². The van der Waals surface area contributed by atoms with Gasteiger partial charge in [0.1, 0.15) is 0 Å². The second kappa shape index (κ2) is 9.78. The van der Waals surface area contributed by atoms with E-state index in [9.17, 15) is 14.4 Å². The fourth-order valence-electron chi connectivity index (χ4n) is 3.30. The molecular formula is C21H26N2O4S. The zero-order valence-electron chi connectivity index (χ0n) is 16.0. The van der Waals surface area contributed by atoms with Gasteiger partial charge < -0.3 is 15.4 Å². The standard InChI is InChI=1S/C21H26N2O4S/c1-14(20(25)22-12-11-15-7-3-2-4-8-15)27-19(24)13-18-21(26)23-16-9-5-6-10-17(16)28-18/h5-7,9-10,14,18H,2-4,8,11-13H2,1H3,(H,22,25)(H,23,26)/t14-,18+/m1/s1. The van der Waals surface area contributed by atoms with Crippen LogP contribution in [0.1, 0.15) is 45.4 Å². The van der Waals surface area contributed by atoms with Crippen LogP contribution in [0.5, 0.6) is 0 Å². The number of ether oxygens (including phenoxy) is 1. The molecule has 1 aliphatic heterocycles. The van der Waals surface area contributed by atoms with Crippen molar-refractivity contribution < 1.29 is 19.1 Å². The summed E-state index contributed by atoms with van der Waals surface area (Å²) in [5, 5.41) is 5.06. The molecular weight excluding hydrogens is 376 g/mol. The lowest BCUT2D eigenvalue weighted by molar-refractivity contribution is -0.155. The molecule has 150 valence electrons. The van der Waals surface area contributed by atoms with E-state index in [4.69, 9.17) is 4.74 Å². The van der Waals surface area contributed by atoms with E-state index in [-0.39, 0.29) is 18.2 Å². The minimum Gasteiger partial charge on any atom is -0.453 e. The number of anilines is 1. The summed E-state index contributed by atoms with van der Waals surface area (Å²) in [6, 6.07) is 7.45. The highest BCUT2D eigenvalue weighted by Crippen LogP contribution is 2.36. The first-order chi connectivity index (χ1) is 13.5. The lowest BCUT2D eigenvalue weighted by Gasteiger charge is -2.23. The average molecular weight is 403 g/mol. The van der Waals surface area contributed by atoms with Crippen molar-refractivity contribution in [2.75, 3.05) is 11.9 Å². The van der Waals surface area contributed by atoms with E-state index in [0.29, 0.717) is 6.54 Å². The molecule has 0 saturated carbocycles. The number of para-hydroxylation sites is 1. The molecule has 2 aliphatic rings. The van der Waals surface area contributed by atoms with Crippen LogP contribution in [0.2, 0.25) is 0 Å². The molecule has 1 aliphatic carbocycles. The molecule has 0 spiro atoms. The number of allylic oxidation sites excluding steroid dienone is 1. The first-order valence-electron chi connectivity index (χ1n) is 9.74. The predicted molar refractivity (Wildman–Crippen MR) is 109 cm³/mol. The Balaban J connectivity index is 1.42. The van der Waals surface area contributed by atoms with E-state index in [1.807, 2.05) is 24.3 Å². The van der Waals surface area contributed by atoms with Crippen LogP contribution >= 0.6 is 11.8 Å². The van der Waals surface area contributed by atoms with Gasteiger partial charge in [0.05, 0.1) is 17.4 Å². The van der Waals surface area contributed by atoms with Crippen molar-refractivity contribution in [1.82, 2.24) is 5.32 Å². The molecule has 0 aromatic heterocycles. The van der Waals surface area contributed by atoms with Crippen molar-refractivity contribution in [3.63, 3.8) is 0 Å². The first kappa shape index (κ1) is 20.5. The van der Waals surface area contributed by atoms with Crippen molar-refractivity contribution in [1.29, 1.82) is 0 Å². The fraction of sp³-hybridized carbons (Fsp3) is 0.476. The minimum absolute atomic E-state index is 0.0741. The van der Waals surface area contributed by atoms with Crippen molar-refractivity contribution in [3.8, 4) is 0 Å². The number of thioether (sulfide) groups is 1. The quantitative estimate of drug-likeness (QED) is 0.539. The number of rotatable bonds is 7. The maximum absolute atomic E-state index is 12.2. The molecule has 2 amide bonds. The molecule has 2 N–H and O–H groups in total. The molecule has 0 unspecified atom stereocenters. The van der Waals surface area contributed by atoms with Crippen LogP contribution in [0.4, 0.5) is 5.69 Å². The van der Waals surface area contributed by atoms with E-state index in [2.05, 4.69) is 16.7 Å². The van der Waals surface area contributed by atoms with Crippen LogP contribution in [0.3, 0.4) is 0 Å².